The Kier molecular flexibility index (Phi) is 3.26. The van der Waals surface area contributed by atoms with Crippen molar-refractivity contribution in [3.05, 3.63) is 0 Å². The second-order valence-corrected chi connectivity index (χ2v) is 3.61. The lowest BCUT2D eigenvalue weighted by atomic mass is 10.1. The molecule has 5 nitrogen and oxygen atoms in total. The first-order valence-corrected chi connectivity index (χ1v) is 4.25. The van der Waals surface area contributed by atoms with Crippen molar-refractivity contribution in [1.82, 2.24) is 0 Å². The number of ether oxygens (including phenoxy) is 2. The normalized spacial score (nSPS) is 31.6. The van der Waals surface area contributed by atoms with Crippen LogP contribution in [0.15, 0.2) is 0 Å². The van der Waals surface area contributed by atoms with Gasteiger partial charge in [-0.25, -0.2) is 0 Å². The minimum absolute atomic E-state index is 0.227. The molecule has 0 unspecified atom stereocenters. The lowest BCUT2D eigenvalue weighted by Gasteiger charge is -2.22. The van der Waals surface area contributed by atoms with Crippen LogP contribution in [0.1, 0.15) is 13.8 Å². The van der Waals surface area contributed by atoms with Crippen LogP contribution in [0, 0.1) is 0 Å². The van der Waals surface area contributed by atoms with E-state index in [1.807, 2.05) is 0 Å². The van der Waals surface area contributed by atoms with Gasteiger partial charge in [-0.2, -0.15) is 0 Å². The molecule has 1 heterocycles. The van der Waals surface area contributed by atoms with E-state index in [0.717, 1.165) is 0 Å². The van der Waals surface area contributed by atoms with Crippen LogP contribution in [0.4, 0.5) is 0 Å². The first-order chi connectivity index (χ1) is 5.96. The highest BCUT2D eigenvalue weighted by molar-refractivity contribution is 4.81. The summed E-state index contributed by atoms with van der Waals surface area (Å²) in [6, 6.07) is 0. The zero-order valence-corrected chi connectivity index (χ0v) is 7.80. The summed E-state index contributed by atoms with van der Waals surface area (Å²) in [6.45, 7) is 3.20. The molecule has 5 heteroatoms. The van der Waals surface area contributed by atoms with Gasteiger partial charge in [0.15, 0.2) is 5.79 Å². The topological polar surface area (TPSA) is 79.2 Å². The molecule has 0 aromatic carbocycles. The Bertz CT molecular complexity index is 170. The van der Waals surface area contributed by atoms with E-state index >= 15 is 0 Å². The Morgan fingerprint density at radius 3 is 2.46 bits per heavy atom. The number of rotatable bonds is 3. The van der Waals surface area contributed by atoms with E-state index in [2.05, 4.69) is 0 Å². The third-order valence-electron chi connectivity index (χ3n) is 1.99. The van der Waals surface area contributed by atoms with Gasteiger partial charge in [0, 0.05) is 0 Å². The first kappa shape index (κ1) is 10.9. The molecule has 3 N–H and O–H groups in total. The van der Waals surface area contributed by atoms with Crippen molar-refractivity contribution in [2.24, 2.45) is 0 Å². The summed E-state index contributed by atoms with van der Waals surface area (Å²) in [5.74, 6) is -0.721. The summed E-state index contributed by atoms with van der Waals surface area (Å²) < 4.78 is 10.5. The van der Waals surface area contributed by atoms with Gasteiger partial charge in [0.25, 0.3) is 0 Å². The molecule has 0 aromatic rings. The average molecular weight is 192 g/mol. The average Bonchev–Trinajstić information content (AvgIpc) is 2.43. The molecule has 1 saturated heterocycles. The van der Waals surface area contributed by atoms with Gasteiger partial charge in [-0.1, -0.05) is 0 Å². The van der Waals surface area contributed by atoms with Gasteiger partial charge in [-0.05, 0) is 13.8 Å². The van der Waals surface area contributed by atoms with E-state index in [0.29, 0.717) is 0 Å². The monoisotopic (exact) mass is 192 g/mol. The molecule has 3 atom stereocenters. The Labute approximate surface area is 76.9 Å². The summed E-state index contributed by atoms with van der Waals surface area (Å²) in [7, 11) is 0. The summed E-state index contributed by atoms with van der Waals surface area (Å²) in [4.78, 5) is 0. The standard InChI is InChI=1S/C8H16O5/c1-8(2)12-4-6(13-8)7(11)5(10)3-9/h5-7,9-11H,3-4H2,1-2H3/t5-,6+,7-/m0/s1. The minimum atomic E-state index is -1.18. The van der Waals surface area contributed by atoms with Gasteiger partial charge in [-0.3, -0.25) is 0 Å². The van der Waals surface area contributed by atoms with Crippen LogP contribution < -0.4 is 0 Å². The highest BCUT2D eigenvalue weighted by atomic mass is 16.7. The van der Waals surface area contributed by atoms with Crippen molar-refractivity contribution in [2.75, 3.05) is 13.2 Å². The third-order valence-corrected chi connectivity index (χ3v) is 1.99. The molecule has 1 aliphatic rings. The highest BCUT2D eigenvalue weighted by Gasteiger charge is 2.39. The van der Waals surface area contributed by atoms with Crippen LogP contribution >= 0.6 is 0 Å². The molecule has 0 aromatic heterocycles. The molecular formula is C8H16O5. The van der Waals surface area contributed by atoms with Crippen molar-refractivity contribution in [3.8, 4) is 0 Å². The predicted octanol–water partition coefficient (Wildman–Crippen LogP) is -1.15. The quantitative estimate of drug-likeness (QED) is 0.526. The summed E-state index contributed by atoms with van der Waals surface area (Å²) in [6.07, 6.45) is -2.86. The van der Waals surface area contributed by atoms with Gasteiger partial charge >= 0.3 is 0 Å². The van der Waals surface area contributed by atoms with E-state index in [9.17, 15) is 5.11 Å². The molecule has 13 heavy (non-hydrogen) atoms. The van der Waals surface area contributed by atoms with Crippen molar-refractivity contribution >= 4 is 0 Å². The molecule has 1 fully saturated rings. The zero-order chi connectivity index (χ0) is 10.1. The molecule has 0 radical (unpaired) electrons. The molecule has 0 spiro atoms. The van der Waals surface area contributed by atoms with E-state index in [-0.39, 0.29) is 6.61 Å². The molecule has 0 bridgehead atoms. The maximum atomic E-state index is 9.43. The summed E-state index contributed by atoms with van der Waals surface area (Å²) in [5, 5.41) is 27.1. The van der Waals surface area contributed by atoms with E-state index < -0.39 is 30.7 Å². The van der Waals surface area contributed by atoms with Crippen LogP contribution in [0.3, 0.4) is 0 Å². The van der Waals surface area contributed by atoms with E-state index in [1.54, 1.807) is 13.8 Å². The SMILES string of the molecule is CC1(C)OC[C@H]([C@@H](O)[C@@H](O)CO)O1. The van der Waals surface area contributed by atoms with E-state index in [1.165, 1.54) is 0 Å². The van der Waals surface area contributed by atoms with Crippen LogP contribution in [-0.4, -0.2) is 52.6 Å². The fourth-order valence-corrected chi connectivity index (χ4v) is 1.24. The number of aliphatic hydroxyl groups is 3. The second-order valence-electron chi connectivity index (χ2n) is 3.61. The van der Waals surface area contributed by atoms with Crippen molar-refractivity contribution in [1.29, 1.82) is 0 Å². The van der Waals surface area contributed by atoms with Crippen LogP contribution in [0.25, 0.3) is 0 Å². The maximum Gasteiger partial charge on any atom is 0.163 e. The second kappa shape index (κ2) is 3.89. The van der Waals surface area contributed by atoms with Crippen molar-refractivity contribution < 1.29 is 24.8 Å². The van der Waals surface area contributed by atoms with E-state index in [4.69, 9.17) is 19.7 Å². The molecular weight excluding hydrogens is 176 g/mol. The molecule has 1 rings (SSSR count). The largest absolute Gasteiger partial charge is 0.394 e. The smallest absolute Gasteiger partial charge is 0.163 e. The van der Waals surface area contributed by atoms with Gasteiger partial charge in [0.05, 0.1) is 13.2 Å². The Morgan fingerprint density at radius 2 is 2.08 bits per heavy atom. The Balaban J connectivity index is 2.46. The van der Waals surface area contributed by atoms with Crippen LogP contribution in [0.5, 0.6) is 0 Å². The van der Waals surface area contributed by atoms with Crippen LogP contribution in [0.2, 0.25) is 0 Å². The predicted molar refractivity (Wildman–Crippen MR) is 44.0 cm³/mol. The Hall–Kier alpha value is -0.200. The zero-order valence-electron chi connectivity index (χ0n) is 7.80. The molecule has 0 saturated carbocycles. The fourth-order valence-electron chi connectivity index (χ4n) is 1.24. The van der Waals surface area contributed by atoms with Gasteiger partial charge in [-0.15, -0.1) is 0 Å². The molecule has 0 amide bonds. The van der Waals surface area contributed by atoms with Gasteiger partial charge in [0.2, 0.25) is 0 Å². The molecule has 0 aliphatic carbocycles. The minimum Gasteiger partial charge on any atom is -0.394 e. The van der Waals surface area contributed by atoms with Crippen LogP contribution in [-0.2, 0) is 9.47 Å². The van der Waals surface area contributed by atoms with Gasteiger partial charge in [0.1, 0.15) is 18.3 Å². The van der Waals surface area contributed by atoms with Crippen molar-refractivity contribution in [2.45, 2.75) is 37.9 Å². The fraction of sp³-hybridized carbons (Fsp3) is 1.00. The summed E-state index contributed by atoms with van der Waals surface area (Å²) in [5.41, 5.74) is 0. The molecule has 78 valence electrons. The highest BCUT2D eigenvalue weighted by Crippen LogP contribution is 2.24. The lowest BCUT2D eigenvalue weighted by molar-refractivity contribution is -0.162. The number of hydrogen-bond donors (Lipinski definition) is 3. The van der Waals surface area contributed by atoms with Crippen molar-refractivity contribution in [3.63, 3.8) is 0 Å². The summed E-state index contributed by atoms with van der Waals surface area (Å²) >= 11 is 0. The Morgan fingerprint density at radius 1 is 1.46 bits per heavy atom. The first-order valence-electron chi connectivity index (χ1n) is 4.25. The lowest BCUT2D eigenvalue weighted by Crippen LogP contribution is -2.41. The number of aliphatic hydroxyl groups excluding tert-OH is 3. The van der Waals surface area contributed by atoms with Gasteiger partial charge < -0.3 is 24.8 Å². The maximum absolute atomic E-state index is 9.43. The third kappa shape index (κ3) is 2.62. The number of hydrogen-bond acceptors (Lipinski definition) is 5. The molecule has 1 aliphatic heterocycles.